The van der Waals surface area contributed by atoms with Gasteiger partial charge in [0.25, 0.3) is 0 Å². The van der Waals surface area contributed by atoms with E-state index in [2.05, 4.69) is 36.6 Å². The molecule has 0 bridgehead atoms. The lowest BCUT2D eigenvalue weighted by molar-refractivity contribution is -0.509. The molecule has 0 saturated heterocycles. The Labute approximate surface area is 115 Å². The lowest BCUT2D eigenvalue weighted by atomic mass is 10.1. The Bertz CT molecular complexity index is 430. The molecule has 0 heterocycles. The number of methoxy groups -OCH3 is 1. The molecule has 1 unspecified atom stereocenters. The smallest absolute Gasteiger partial charge is 0.381 e. The zero-order valence-electron chi connectivity index (χ0n) is 8.85. The predicted molar refractivity (Wildman–Crippen MR) is 68.3 cm³/mol. The Morgan fingerprint density at radius 2 is 2.00 bits per heavy atom. The van der Waals surface area contributed by atoms with E-state index in [0.717, 1.165) is 7.11 Å². The Hall–Kier alpha value is -0.950. The minimum absolute atomic E-state index is 0.0261. The molecule has 1 rings (SSSR count). The van der Waals surface area contributed by atoms with E-state index in [1.807, 2.05) is 0 Å². The number of carbonyl (C=O) groups excluding carboxylic acids is 1. The van der Waals surface area contributed by atoms with Gasteiger partial charge >= 0.3 is 12.0 Å². The van der Waals surface area contributed by atoms with Gasteiger partial charge in [-0.15, -0.1) is 0 Å². The highest BCUT2D eigenvalue weighted by Gasteiger charge is 2.32. The quantitative estimate of drug-likeness (QED) is 0.466. The minimum atomic E-state index is -1.39. The van der Waals surface area contributed by atoms with Crippen LogP contribution in [0.4, 0.5) is 0 Å². The van der Waals surface area contributed by atoms with Crippen molar-refractivity contribution >= 4 is 37.8 Å². The lowest BCUT2D eigenvalue weighted by Crippen LogP contribution is -2.33. The van der Waals surface area contributed by atoms with E-state index in [9.17, 15) is 14.9 Å². The summed E-state index contributed by atoms with van der Waals surface area (Å²) in [7, 11) is 1.13. The molecule has 1 aromatic carbocycles. The Kier molecular flexibility index (Phi) is 5.07. The number of esters is 1. The Balaban J connectivity index is 3.02. The third kappa shape index (κ3) is 3.50. The summed E-state index contributed by atoms with van der Waals surface area (Å²) in [5, 5.41) is 10.8. The summed E-state index contributed by atoms with van der Waals surface area (Å²) in [6.45, 7) is 0. The molecule has 0 aliphatic carbocycles. The average molecular weight is 367 g/mol. The molecule has 7 heteroatoms. The van der Waals surface area contributed by atoms with Crippen molar-refractivity contribution in [2.75, 3.05) is 7.11 Å². The van der Waals surface area contributed by atoms with E-state index in [1.54, 1.807) is 18.2 Å². The third-order valence-electron chi connectivity index (χ3n) is 2.19. The van der Waals surface area contributed by atoms with Gasteiger partial charge in [0.2, 0.25) is 0 Å². The molecule has 0 N–H and O–H groups in total. The summed E-state index contributed by atoms with van der Waals surface area (Å²) < 4.78 is 5.84. The van der Waals surface area contributed by atoms with Crippen LogP contribution in [0.1, 0.15) is 5.56 Å². The molecule has 0 aliphatic heterocycles. The van der Waals surface area contributed by atoms with Crippen molar-refractivity contribution in [1.82, 2.24) is 0 Å². The van der Waals surface area contributed by atoms with Crippen molar-refractivity contribution in [2.45, 2.75) is 12.5 Å². The molecule has 0 aliphatic rings. The normalized spacial score (nSPS) is 11.9. The average Bonchev–Trinajstić information content (AvgIpc) is 2.27. The first-order valence-corrected chi connectivity index (χ1v) is 6.20. The third-order valence-corrected chi connectivity index (χ3v) is 3.67. The van der Waals surface area contributed by atoms with Crippen LogP contribution in [0.15, 0.2) is 27.1 Å². The van der Waals surface area contributed by atoms with Gasteiger partial charge in [-0.25, -0.2) is 4.79 Å². The molecule has 1 aromatic rings. The molecule has 17 heavy (non-hydrogen) atoms. The maximum atomic E-state index is 11.3. The topological polar surface area (TPSA) is 69.4 Å². The lowest BCUT2D eigenvalue weighted by Gasteiger charge is -2.10. The second-order valence-corrected chi connectivity index (χ2v) is 4.94. The molecule has 0 saturated carbocycles. The van der Waals surface area contributed by atoms with Gasteiger partial charge in [0.1, 0.15) is 0 Å². The zero-order valence-corrected chi connectivity index (χ0v) is 12.0. The molecule has 0 radical (unpaired) electrons. The number of carbonyl (C=O) groups is 1. The highest BCUT2D eigenvalue weighted by Crippen LogP contribution is 2.27. The van der Waals surface area contributed by atoms with E-state index in [4.69, 9.17) is 0 Å². The van der Waals surface area contributed by atoms with Crippen LogP contribution in [0.2, 0.25) is 0 Å². The van der Waals surface area contributed by atoms with Gasteiger partial charge in [0, 0.05) is 13.9 Å². The fourth-order valence-electron chi connectivity index (χ4n) is 1.30. The van der Waals surface area contributed by atoms with Gasteiger partial charge in [0.05, 0.1) is 13.5 Å². The van der Waals surface area contributed by atoms with Crippen molar-refractivity contribution in [3.8, 4) is 0 Å². The summed E-state index contributed by atoms with van der Waals surface area (Å²) in [4.78, 5) is 21.4. The van der Waals surface area contributed by atoms with Crippen LogP contribution >= 0.6 is 31.9 Å². The van der Waals surface area contributed by atoms with E-state index in [1.165, 1.54) is 0 Å². The highest BCUT2D eigenvalue weighted by molar-refractivity contribution is 9.11. The SMILES string of the molecule is COC(=O)C(Cc1c(Br)cccc1Br)[N+](=O)[O-]. The van der Waals surface area contributed by atoms with Gasteiger partial charge in [-0.2, -0.15) is 0 Å². The van der Waals surface area contributed by atoms with Crippen LogP contribution in [-0.2, 0) is 16.0 Å². The van der Waals surface area contributed by atoms with Crippen LogP contribution in [0.3, 0.4) is 0 Å². The first-order valence-electron chi connectivity index (χ1n) is 4.61. The second kappa shape index (κ2) is 6.11. The van der Waals surface area contributed by atoms with Gasteiger partial charge in [-0.1, -0.05) is 37.9 Å². The minimum Gasteiger partial charge on any atom is -0.464 e. The summed E-state index contributed by atoms with van der Waals surface area (Å²) in [6, 6.07) is 3.91. The summed E-state index contributed by atoms with van der Waals surface area (Å²) in [6.07, 6.45) is -0.0261. The first-order chi connectivity index (χ1) is 7.97. The molecular weight excluding hydrogens is 358 g/mol. The number of nitro groups is 1. The number of hydrogen-bond acceptors (Lipinski definition) is 4. The van der Waals surface area contributed by atoms with Crippen LogP contribution in [-0.4, -0.2) is 24.0 Å². The van der Waals surface area contributed by atoms with E-state index in [-0.39, 0.29) is 6.42 Å². The molecule has 0 fully saturated rings. The molecular formula is C10H9Br2NO4. The van der Waals surface area contributed by atoms with Crippen molar-refractivity contribution in [2.24, 2.45) is 0 Å². The standard InChI is InChI=1S/C10H9Br2NO4/c1-17-10(14)9(13(15)16)5-6-7(11)3-2-4-8(6)12/h2-4,9H,5H2,1H3. The number of ether oxygens (including phenoxy) is 1. The van der Waals surface area contributed by atoms with Gasteiger partial charge in [0.15, 0.2) is 0 Å². The fourth-order valence-corrected chi connectivity index (χ4v) is 2.62. The fraction of sp³-hybridized carbons (Fsp3) is 0.300. The predicted octanol–water partition coefficient (Wildman–Crippen LogP) is 2.57. The summed E-state index contributed by atoms with van der Waals surface area (Å²) in [5.41, 5.74) is 0.666. The van der Waals surface area contributed by atoms with E-state index in [0.29, 0.717) is 14.5 Å². The number of rotatable bonds is 4. The second-order valence-electron chi connectivity index (χ2n) is 3.23. The molecule has 0 spiro atoms. The first kappa shape index (κ1) is 14.1. The Morgan fingerprint density at radius 1 is 1.47 bits per heavy atom. The number of nitrogens with zero attached hydrogens (tertiary/aromatic N) is 1. The van der Waals surface area contributed by atoms with Gasteiger partial charge < -0.3 is 4.74 Å². The van der Waals surface area contributed by atoms with Crippen LogP contribution in [0, 0.1) is 10.1 Å². The maximum absolute atomic E-state index is 11.3. The van der Waals surface area contributed by atoms with Crippen molar-refractivity contribution in [3.05, 3.63) is 42.8 Å². The van der Waals surface area contributed by atoms with Crippen LogP contribution in [0.5, 0.6) is 0 Å². The Morgan fingerprint density at radius 3 is 2.41 bits per heavy atom. The van der Waals surface area contributed by atoms with Crippen LogP contribution < -0.4 is 0 Å². The number of benzene rings is 1. The molecule has 92 valence electrons. The summed E-state index contributed by atoms with van der Waals surface area (Å²) in [5.74, 6) is -0.849. The molecule has 1 atom stereocenters. The number of halogens is 2. The summed E-state index contributed by atoms with van der Waals surface area (Å²) >= 11 is 6.58. The molecule has 5 nitrogen and oxygen atoms in total. The van der Waals surface area contributed by atoms with Crippen molar-refractivity contribution in [3.63, 3.8) is 0 Å². The molecule has 0 aromatic heterocycles. The van der Waals surface area contributed by atoms with Gasteiger partial charge in [-0.05, 0) is 17.7 Å². The van der Waals surface area contributed by atoms with Crippen LogP contribution in [0.25, 0.3) is 0 Å². The highest BCUT2D eigenvalue weighted by atomic mass is 79.9. The monoisotopic (exact) mass is 365 g/mol. The van der Waals surface area contributed by atoms with Crippen molar-refractivity contribution in [1.29, 1.82) is 0 Å². The number of hydrogen-bond donors (Lipinski definition) is 0. The van der Waals surface area contributed by atoms with Crippen molar-refractivity contribution < 1.29 is 14.5 Å². The van der Waals surface area contributed by atoms with Gasteiger partial charge in [-0.3, -0.25) is 10.1 Å². The largest absolute Gasteiger partial charge is 0.464 e. The molecule has 0 amide bonds. The van der Waals surface area contributed by atoms with E-state index >= 15 is 0 Å². The maximum Gasteiger partial charge on any atom is 0.381 e. The zero-order chi connectivity index (χ0) is 13.0. The van der Waals surface area contributed by atoms with E-state index < -0.39 is 16.9 Å².